The van der Waals surface area contributed by atoms with E-state index in [9.17, 15) is 0 Å². The van der Waals surface area contributed by atoms with Gasteiger partial charge in [-0.1, -0.05) is 24.6 Å². The maximum absolute atomic E-state index is 6.20. The number of aromatic amines is 1. The molecule has 0 atom stereocenters. The predicted molar refractivity (Wildman–Crippen MR) is 89.3 cm³/mol. The standard InChI is InChI=1S/C16H15ClN2OS/c1-2-10-20-12-8-6-11(7-9-12)19-14-5-3-4-13(17)15(14)18-16(19)21/h3-9H,2,10H2,1H3,(H,18,21). The number of ether oxygens (including phenoxy) is 1. The summed E-state index contributed by atoms with van der Waals surface area (Å²) in [5.41, 5.74) is 2.81. The zero-order valence-corrected chi connectivity index (χ0v) is 13.2. The van der Waals surface area contributed by atoms with Crippen LogP contribution in [-0.2, 0) is 0 Å². The van der Waals surface area contributed by atoms with Crippen LogP contribution in [-0.4, -0.2) is 16.2 Å². The first-order valence-electron chi connectivity index (χ1n) is 6.83. The van der Waals surface area contributed by atoms with Crippen LogP contribution in [0.4, 0.5) is 0 Å². The maximum atomic E-state index is 6.20. The van der Waals surface area contributed by atoms with Gasteiger partial charge >= 0.3 is 0 Å². The molecule has 21 heavy (non-hydrogen) atoms. The summed E-state index contributed by atoms with van der Waals surface area (Å²) in [6, 6.07) is 13.7. The second-order valence-electron chi connectivity index (χ2n) is 4.74. The first-order valence-corrected chi connectivity index (χ1v) is 7.62. The minimum absolute atomic E-state index is 0.625. The lowest BCUT2D eigenvalue weighted by Crippen LogP contribution is -1.97. The summed E-state index contributed by atoms with van der Waals surface area (Å²) in [6.45, 7) is 2.81. The monoisotopic (exact) mass is 318 g/mol. The smallest absolute Gasteiger partial charge is 0.182 e. The number of fused-ring (bicyclic) bond motifs is 1. The van der Waals surface area contributed by atoms with Gasteiger partial charge in [-0.3, -0.25) is 4.57 Å². The van der Waals surface area contributed by atoms with E-state index in [1.807, 2.05) is 47.0 Å². The molecule has 0 amide bonds. The first kappa shape index (κ1) is 14.2. The molecule has 0 aliphatic carbocycles. The molecule has 3 rings (SSSR count). The number of nitrogens with one attached hydrogen (secondary N) is 1. The molecule has 0 bridgehead atoms. The number of halogens is 1. The van der Waals surface area contributed by atoms with Crippen molar-refractivity contribution in [3.63, 3.8) is 0 Å². The highest BCUT2D eigenvalue weighted by Gasteiger charge is 2.08. The number of rotatable bonds is 4. The third kappa shape index (κ3) is 2.69. The van der Waals surface area contributed by atoms with Crippen LogP contribution in [0, 0.1) is 4.77 Å². The van der Waals surface area contributed by atoms with Crippen molar-refractivity contribution >= 4 is 34.9 Å². The molecule has 0 fully saturated rings. The summed E-state index contributed by atoms with van der Waals surface area (Å²) in [6.07, 6.45) is 0.994. The number of hydrogen-bond acceptors (Lipinski definition) is 2. The number of aromatic nitrogens is 2. The summed E-state index contributed by atoms with van der Waals surface area (Å²) in [4.78, 5) is 3.16. The average Bonchev–Trinajstić information content (AvgIpc) is 2.83. The summed E-state index contributed by atoms with van der Waals surface area (Å²) >= 11 is 11.6. The first-order chi connectivity index (χ1) is 10.2. The normalized spacial score (nSPS) is 11.0. The van der Waals surface area contributed by atoms with Crippen molar-refractivity contribution in [1.29, 1.82) is 0 Å². The number of benzene rings is 2. The molecule has 5 heteroatoms. The minimum atomic E-state index is 0.625. The van der Waals surface area contributed by atoms with E-state index >= 15 is 0 Å². The Hall–Kier alpha value is -1.78. The summed E-state index contributed by atoms with van der Waals surface area (Å²) in [7, 11) is 0. The predicted octanol–water partition coefficient (Wildman–Crippen LogP) is 5.13. The van der Waals surface area contributed by atoms with Gasteiger partial charge in [0.1, 0.15) is 5.75 Å². The molecule has 0 saturated carbocycles. The topological polar surface area (TPSA) is 29.9 Å². The second kappa shape index (κ2) is 5.92. The number of para-hydroxylation sites is 1. The van der Waals surface area contributed by atoms with Crippen LogP contribution in [0.25, 0.3) is 16.7 Å². The molecule has 0 saturated heterocycles. The number of H-pyrrole nitrogens is 1. The quantitative estimate of drug-likeness (QED) is 0.676. The zero-order valence-electron chi connectivity index (χ0n) is 11.6. The Labute approximate surface area is 133 Å². The van der Waals surface area contributed by atoms with Crippen LogP contribution in [0.5, 0.6) is 5.75 Å². The number of imidazole rings is 1. The van der Waals surface area contributed by atoms with Crippen molar-refractivity contribution in [2.45, 2.75) is 13.3 Å². The fraction of sp³-hybridized carbons (Fsp3) is 0.188. The number of nitrogens with zero attached hydrogens (tertiary/aromatic N) is 1. The molecule has 0 radical (unpaired) electrons. The Kier molecular flexibility index (Phi) is 3.99. The minimum Gasteiger partial charge on any atom is -0.494 e. The molecule has 108 valence electrons. The summed E-state index contributed by atoms with van der Waals surface area (Å²) in [5, 5.41) is 0.667. The third-order valence-corrected chi connectivity index (χ3v) is 3.83. The fourth-order valence-electron chi connectivity index (χ4n) is 2.26. The van der Waals surface area contributed by atoms with Crippen LogP contribution in [0.15, 0.2) is 42.5 Å². The van der Waals surface area contributed by atoms with E-state index < -0.39 is 0 Å². The molecule has 1 aromatic heterocycles. The van der Waals surface area contributed by atoms with Gasteiger partial charge in [0.25, 0.3) is 0 Å². The molecule has 1 N–H and O–H groups in total. The van der Waals surface area contributed by atoms with Gasteiger partial charge in [-0.15, -0.1) is 0 Å². The molecule has 3 aromatic rings. The molecule has 1 heterocycles. The highest BCUT2D eigenvalue weighted by molar-refractivity contribution is 7.71. The van der Waals surface area contributed by atoms with E-state index in [2.05, 4.69) is 11.9 Å². The molecule has 0 spiro atoms. The Balaban J connectivity index is 2.06. The Morgan fingerprint density at radius 3 is 2.67 bits per heavy atom. The van der Waals surface area contributed by atoms with E-state index in [1.165, 1.54) is 0 Å². The molecular weight excluding hydrogens is 304 g/mol. The molecule has 0 unspecified atom stereocenters. The molecule has 0 aliphatic rings. The average molecular weight is 319 g/mol. The van der Waals surface area contributed by atoms with Gasteiger partial charge in [-0.25, -0.2) is 0 Å². The van der Waals surface area contributed by atoms with Crippen molar-refractivity contribution < 1.29 is 4.74 Å². The van der Waals surface area contributed by atoms with Crippen LogP contribution < -0.4 is 4.74 Å². The number of hydrogen-bond donors (Lipinski definition) is 1. The lowest BCUT2D eigenvalue weighted by Gasteiger charge is -2.07. The van der Waals surface area contributed by atoms with Crippen LogP contribution >= 0.6 is 23.8 Å². The lowest BCUT2D eigenvalue weighted by atomic mass is 10.2. The van der Waals surface area contributed by atoms with Gasteiger partial charge in [-0.05, 0) is 55.0 Å². The molecular formula is C16H15ClN2OS. The van der Waals surface area contributed by atoms with Crippen LogP contribution in [0.1, 0.15) is 13.3 Å². The zero-order chi connectivity index (χ0) is 14.8. The largest absolute Gasteiger partial charge is 0.494 e. The van der Waals surface area contributed by atoms with E-state index in [-0.39, 0.29) is 0 Å². The van der Waals surface area contributed by atoms with Crippen molar-refractivity contribution in [2.75, 3.05) is 6.61 Å². The molecule has 2 aromatic carbocycles. The SMILES string of the molecule is CCCOc1ccc(-n2c(=S)[nH]c3c(Cl)cccc32)cc1. The van der Waals surface area contributed by atoms with Gasteiger partial charge in [0.2, 0.25) is 0 Å². The second-order valence-corrected chi connectivity index (χ2v) is 5.54. The van der Waals surface area contributed by atoms with Crippen molar-refractivity contribution in [3.05, 3.63) is 52.3 Å². The van der Waals surface area contributed by atoms with Crippen LogP contribution in [0.2, 0.25) is 5.02 Å². The van der Waals surface area contributed by atoms with Gasteiger partial charge in [0.15, 0.2) is 4.77 Å². The highest BCUT2D eigenvalue weighted by Crippen LogP contribution is 2.26. The Morgan fingerprint density at radius 2 is 1.95 bits per heavy atom. The fourth-order valence-corrected chi connectivity index (χ4v) is 2.79. The Bertz CT molecular complexity index is 820. The van der Waals surface area contributed by atoms with E-state index in [4.69, 9.17) is 28.6 Å². The van der Waals surface area contributed by atoms with Gasteiger partial charge in [0.05, 0.1) is 22.7 Å². The van der Waals surface area contributed by atoms with E-state index in [0.29, 0.717) is 9.79 Å². The van der Waals surface area contributed by atoms with Crippen molar-refractivity contribution in [1.82, 2.24) is 9.55 Å². The van der Waals surface area contributed by atoms with E-state index in [1.54, 1.807) is 0 Å². The maximum Gasteiger partial charge on any atom is 0.182 e. The van der Waals surface area contributed by atoms with Gasteiger partial charge in [0, 0.05) is 5.69 Å². The van der Waals surface area contributed by atoms with Gasteiger partial charge in [-0.2, -0.15) is 0 Å². The Morgan fingerprint density at radius 1 is 1.19 bits per heavy atom. The van der Waals surface area contributed by atoms with Gasteiger partial charge < -0.3 is 9.72 Å². The molecule has 3 nitrogen and oxygen atoms in total. The van der Waals surface area contributed by atoms with Crippen molar-refractivity contribution in [2.24, 2.45) is 0 Å². The lowest BCUT2D eigenvalue weighted by molar-refractivity contribution is 0.317. The van der Waals surface area contributed by atoms with E-state index in [0.717, 1.165) is 35.5 Å². The summed E-state index contributed by atoms with van der Waals surface area (Å²) in [5.74, 6) is 0.866. The third-order valence-electron chi connectivity index (χ3n) is 3.24. The highest BCUT2D eigenvalue weighted by atomic mass is 35.5. The summed E-state index contributed by atoms with van der Waals surface area (Å²) < 4.78 is 8.20. The van der Waals surface area contributed by atoms with Crippen molar-refractivity contribution in [3.8, 4) is 11.4 Å². The van der Waals surface area contributed by atoms with Crippen LogP contribution in [0.3, 0.4) is 0 Å². The molecule has 0 aliphatic heterocycles.